The summed E-state index contributed by atoms with van der Waals surface area (Å²) in [4.78, 5) is 0. The third kappa shape index (κ3) is 1.86. The van der Waals surface area contributed by atoms with Gasteiger partial charge in [0.25, 0.3) is 0 Å². The molecule has 4 bridgehead atoms. The highest BCUT2D eigenvalue weighted by atomic mass is 14.7. The van der Waals surface area contributed by atoms with E-state index in [0.29, 0.717) is 12.1 Å². The maximum Gasteiger partial charge on any atom is 0.00757 e. The average Bonchev–Trinajstić information content (AvgIpc) is 3.27. The summed E-state index contributed by atoms with van der Waals surface area (Å²) in [5.74, 6) is 7.42. The van der Waals surface area contributed by atoms with Crippen molar-refractivity contribution in [3.05, 3.63) is 24.3 Å². The van der Waals surface area contributed by atoms with Crippen molar-refractivity contribution in [2.75, 3.05) is 0 Å². The van der Waals surface area contributed by atoms with Crippen molar-refractivity contribution in [3.63, 3.8) is 0 Å². The molecule has 6 rings (SSSR count). The van der Waals surface area contributed by atoms with Crippen molar-refractivity contribution in [1.82, 2.24) is 0 Å². The Balaban J connectivity index is 0.000000102. The Morgan fingerprint density at radius 2 is 1.23 bits per heavy atom. The molecule has 0 aromatic rings. The van der Waals surface area contributed by atoms with Gasteiger partial charge in [0.05, 0.1) is 0 Å². The molecule has 0 saturated heterocycles. The van der Waals surface area contributed by atoms with E-state index in [1.54, 1.807) is 0 Å². The molecule has 0 amide bonds. The molecule has 0 aromatic heterocycles. The van der Waals surface area contributed by atoms with Gasteiger partial charge in [-0.2, -0.15) is 0 Å². The van der Waals surface area contributed by atoms with Crippen molar-refractivity contribution >= 4 is 0 Å². The zero-order chi connectivity index (χ0) is 14.8. The highest BCUT2D eigenvalue weighted by Crippen LogP contribution is 2.56. The fourth-order valence-electron chi connectivity index (χ4n) is 7.21. The van der Waals surface area contributed by atoms with Crippen LogP contribution in [0.25, 0.3) is 0 Å². The van der Waals surface area contributed by atoms with E-state index in [4.69, 9.17) is 11.5 Å². The molecular weight excluding hydrogens is 268 g/mol. The third-order valence-corrected chi connectivity index (χ3v) is 8.12. The van der Waals surface area contributed by atoms with E-state index >= 15 is 0 Å². The topological polar surface area (TPSA) is 52.0 Å². The fourth-order valence-corrected chi connectivity index (χ4v) is 7.21. The van der Waals surface area contributed by atoms with Crippen LogP contribution in [0.2, 0.25) is 0 Å². The molecule has 0 spiro atoms. The van der Waals surface area contributed by atoms with Gasteiger partial charge in [-0.25, -0.2) is 0 Å². The van der Waals surface area contributed by atoms with Crippen LogP contribution in [0.1, 0.15) is 38.5 Å². The van der Waals surface area contributed by atoms with E-state index in [1.165, 1.54) is 38.5 Å². The molecule has 6 aliphatic carbocycles. The van der Waals surface area contributed by atoms with Crippen LogP contribution in [0, 0.1) is 47.3 Å². The summed E-state index contributed by atoms with van der Waals surface area (Å²) in [5.41, 5.74) is 12.1. The Bertz CT molecular complexity index is 510. The molecule has 4 unspecified atom stereocenters. The molecule has 0 radical (unpaired) electrons. The minimum absolute atomic E-state index is 0.531. The average molecular weight is 298 g/mol. The number of fused-ring (bicyclic) bond motifs is 10. The van der Waals surface area contributed by atoms with Crippen LogP contribution < -0.4 is 11.5 Å². The van der Waals surface area contributed by atoms with Crippen molar-refractivity contribution in [3.8, 4) is 0 Å². The normalized spacial score (nSPS) is 58.8. The van der Waals surface area contributed by atoms with Gasteiger partial charge in [-0.1, -0.05) is 24.3 Å². The summed E-state index contributed by atoms with van der Waals surface area (Å²) in [6.45, 7) is 0. The highest BCUT2D eigenvalue weighted by Gasteiger charge is 2.51. The summed E-state index contributed by atoms with van der Waals surface area (Å²) in [7, 11) is 0. The van der Waals surface area contributed by atoms with Crippen LogP contribution in [-0.4, -0.2) is 12.1 Å². The Morgan fingerprint density at radius 3 is 2.09 bits per heavy atom. The lowest BCUT2D eigenvalue weighted by Crippen LogP contribution is -2.34. The van der Waals surface area contributed by atoms with Gasteiger partial charge >= 0.3 is 0 Å². The molecule has 0 aromatic carbocycles. The third-order valence-electron chi connectivity index (χ3n) is 8.12. The maximum absolute atomic E-state index is 6.05. The summed E-state index contributed by atoms with van der Waals surface area (Å²) in [6, 6.07) is 1.07. The van der Waals surface area contributed by atoms with E-state index < -0.39 is 0 Å². The van der Waals surface area contributed by atoms with Gasteiger partial charge in [0.15, 0.2) is 0 Å². The predicted octanol–water partition coefficient (Wildman–Crippen LogP) is 3.09. The molecule has 2 nitrogen and oxygen atoms in total. The molecule has 22 heavy (non-hydrogen) atoms. The van der Waals surface area contributed by atoms with Crippen LogP contribution in [-0.2, 0) is 0 Å². The SMILES string of the molecule is N[C@@H]1CC2CC1[C@@H]1C=CC[C@H]21.N[C@@H]1CC2CC1[C@@H]1CC=C[C@H]21. The number of allylic oxidation sites excluding steroid dienone is 4. The Kier molecular flexibility index (Phi) is 3.10. The first-order valence-electron chi connectivity index (χ1n) is 9.57. The Morgan fingerprint density at radius 1 is 0.591 bits per heavy atom. The van der Waals surface area contributed by atoms with Gasteiger partial charge in [0.1, 0.15) is 0 Å². The van der Waals surface area contributed by atoms with Crippen LogP contribution in [0.4, 0.5) is 0 Å². The molecule has 10 atom stereocenters. The molecule has 0 aliphatic heterocycles. The van der Waals surface area contributed by atoms with E-state index in [9.17, 15) is 0 Å². The zero-order valence-corrected chi connectivity index (χ0v) is 13.5. The van der Waals surface area contributed by atoms with Gasteiger partial charge in [-0.3, -0.25) is 0 Å². The molecule has 6 aliphatic rings. The second kappa shape index (κ2) is 4.95. The van der Waals surface area contributed by atoms with Crippen LogP contribution in [0.3, 0.4) is 0 Å². The summed E-state index contributed by atoms with van der Waals surface area (Å²) >= 11 is 0. The lowest BCUT2D eigenvalue weighted by atomic mass is 9.79. The monoisotopic (exact) mass is 298 g/mol. The number of nitrogens with two attached hydrogens (primary N) is 2. The van der Waals surface area contributed by atoms with Crippen molar-refractivity contribution in [1.29, 1.82) is 0 Å². The lowest BCUT2D eigenvalue weighted by Gasteiger charge is -2.28. The molecule has 4 N–H and O–H groups in total. The largest absolute Gasteiger partial charge is 0.327 e. The number of hydrogen-bond acceptors (Lipinski definition) is 2. The molecular formula is C20H30N2. The standard InChI is InChI=1S/2C10H15N/c2*11-10-5-6-4-9(10)8-3-1-2-7(6)8/h1,3,6-10H,2,4-5,11H2;1-2,6-10H,3-5,11H2/t2*6?,7-,8-,9?,10-/m11/s1. The summed E-state index contributed by atoms with van der Waals surface area (Å²) in [5, 5.41) is 0. The van der Waals surface area contributed by atoms with Crippen molar-refractivity contribution in [2.45, 2.75) is 50.6 Å². The van der Waals surface area contributed by atoms with E-state index in [2.05, 4.69) is 24.3 Å². The molecule has 0 heterocycles. The Labute approximate surface area is 134 Å². The fraction of sp³-hybridized carbons (Fsp3) is 0.800. The summed E-state index contributed by atoms with van der Waals surface area (Å²) in [6.07, 6.45) is 17.7. The predicted molar refractivity (Wildman–Crippen MR) is 89.9 cm³/mol. The van der Waals surface area contributed by atoms with Gasteiger partial charge in [-0.15, -0.1) is 0 Å². The second-order valence-corrected chi connectivity index (χ2v) is 8.93. The zero-order valence-electron chi connectivity index (χ0n) is 13.5. The van der Waals surface area contributed by atoms with Gasteiger partial charge in [0.2, 0.25) is 0 Å². The Hall–Kier alpha value is -0.600. The minimum Gasteiger partial charge on any atom is -0.327 e. The quantitative estimate of drug-likeness (QED) is 0.675. The van der Waals surface area contributed by atoms with E-state index in [0.717, 1.165) is 47.3 Å². The maximum atomic E-state index is 6.05. The molecule has 2 heteroatoms. The number of rotatable bonds is 0. The summed E-state index contributed by atoms with van der Waals surface area (Å²) < 4.78 is 0. The molecule has 120 valence electrons. The smallest absolute Gasteiger partial charge is 0.00757 e. The molecule has 4 fully saturated rings. The first-order valence-corrected chi connectivity index (χ1v) is 9.57. The molecule has 4 saturated carbocycles. The van der Waals surface area contributed by atoms with Gasteiger partial charge in [0, 0.05) is 12.1 Å². The first kappa shape index (κ1) is 13.8. The van der Waals surface area contributed by atoms with Crippen LogP contribution in [0.5, 0.6) is 0 Å². The van der Waals surface area contributed by atoms with E-state index in [1.807, 2.05) is 0 Å². The first-order chi connectivity index (χ1) is 10.7. The van der Waals surface area contributed by atoms with Crippen LogP contribution in [0.15, 0.2) is 24.3 Å². The van der Waals surface area contributed by atoms with Crippen molar-refractivity contribution in [2.24, 2.45) is 58.8 Å². The van der Waals surface area contributed by atoms with Gasteiger partial charge in [-0.05, 0) is 85.9 Å². The number of hydrogen-bond donors (Lipinski definition) is 2. The van der Waals surface area contributed by atoms with Crippen molar-refractivity contribution < 1.29 is 0 Å². The minimum atomic E-state index is 0.531. The second-order valence-electron chi connectivity index (χ2n) is 8.93. The highest BCUT2D eigenvalue weighted by molar-refractivity contribution is 5.15. The van der Waals surface area contributed by atoms with Gasteiger partial charge < -0.3 is 11.5 Å². The van der Waals surface area contributed by atoms with Crippen LogP contribution >= 0.6 is 0 Å². The lowest BCUT2D eigenvalue weighted by molar-refractivity contribution is 0.255. The van der Waals surface area contributed by atoms with E-state index in [-0.39, 0.29) is 0 Å².